The van der Waals surface area contributed by atoms with Gasteiger partial charge in [-0.05, 0) is 36.8 Å². The van der Waals surface area contributed by atoms with Gasteiger partial charge in [-0.1, -0.05) is 6.42 Å². The number of carbonyl (C=O) groups is 2. The third kappa shape index (κ3) is 2.24. The third-order valence-electron chi connectivity index (χ3n) is 4.61. The van der Waals surface area contributed by atoms with Gasteiger partial charge in [0.25, 0.3) is 0 Å². The molecule has 6 nitrogen and oxygen atoms in total. The second-order valence-corrected chi connectivity index (χ2v) is 5.66. The Kier molecular flexibility index (Phi) is 3.53. The summed E-state index contributed by atoms with van der Waals surface area (Å²) in [5, 5.41) is 9.59. The molecule has 2 aliphatic rings. The minimum atomic E-state index is -0.842. The molecule has 0 spiro atoms. The first-order valence-corrected chi connectivity index (χ1v) is 7.16. The molecule has 3 unspecified atom stereocenters. The average Bonchev–Trinajstić information content (AvgIpc) is 3.06. The van der Waals surface area contributed by atoms with E-state index in [1.807, 2.05) is 0 Å². The maximum atomic E-state index is 11.9. The molecule has 1 aromatic heterocycles. The number of aliphatic carboxylic acids is 1. The number of carboxylic acids is 1. The third-order valence-corrected chi connectivity index (χ3v) is 4.61. The van der Waals surface area contributed by atoms with Gasteiger partial charge in [0.2, 0.25) is 0 Å². The molecular weight excluding hydrogens is 272 g/mol. The summed E-state index contributed by atoms with van der Waals surface area (Å²) in [6.07, 6.45) is 4.64. The van der Waals surface area contributed by atoms with Crippen LogP contribution in [0.15, 0.2) is 18.3 Å². The van der Waals surface area contributed by atoms with Gasteiger partial charge in [0.15, 0.2) is 0 Å². The summed E-state index contributed by atoms with van der Waals surface area (Å²) in [4.78, 5) is 29.6. The standard InChI is InChI=1S/C15H18N2O4/c1-21-15(20)11-6-3-7-16-13(11)17-8-9-4-2-5-10(9)12(17)14(18)19/h3,6-7,9-10,12H,2,4-5,8H2,1H3,(H,18,19). The lowest BCUT2D eigenvalue weighted by Gasteiger charge is -2.26. The summed E-state index contributed by atoms with van der Waals surface area (Å²) >= 11 is 0. The molecule has 1 aliphatic heterocycles. The molecule has 1 aliphatic carbocycles. The van der Waals surface area contributed by atoms with Gasteiger partial charge in [0, 0.05) is 12.7 Å². The Morgan fingerprint density at radius 1 is 1.43 bits per heavy atom. The number of hydrogen-bond acceptors (Lipinski definition) is 5. The van der Waals surface area contributed by atoms with Crippen molar-refractivity contribution in [3.8, 4) is 0 Å². The van der Waals surface area contributed by atoms with Crippen LogP contribution in [-0.4, -0.2) is 41.7 Å². The average molecular weight is 290 g/mol. The molecule has 1 saturated heterocycles. The molecule has 2 heterocycles. The molecule has 0 aromatic carbocycles. The number of aromatic nitrogens is 1. The fourth-order valence-corrected chi connectivity index (χ4v) is 3.73. The van der Waals surface area contributed by atoms with Crippen LogP contribution in [0.2, 0.25) is 0 Å². The number of esters is 1. The van der Waals surface area contributed by atoms with Gasteiger partial charge in [-0.25, -0.2) is 14.6 Å². The Morgan fingerprint density at radius 2 is 2.24 bits per heavy atom. The summed E-state index contributed by atoms with van der Waals surface area (Å²) < 4.78 is 4.77. The predicted molar refractivity (Wildman–Crippen MR) is 75.2 cm³/mol. The van der Waals surface area contributed by atoms with Crippen LogP contribution in [0.1, 0.15) is 29.6 Å². The Hall–Kier alpha value is -2.11. The number of pyridine rings is 1. The largest absolute Gasteiger partial charge is 0.480 e. The minimum Gasteiger partial charge on any atom is -0.480 e. The molecule has 21 heavy (non-hydrogen) atoms. The van der Waals surface area contributed by atoms with E-state index in [9.17, 15) is 14.7 Å². The highest BCUT2D eigenvalue weighted by Crippen LogP contribution is 2.44. The van der Waals surface area contributed by atoms with Gasteiger partial charge in [-0.2, -0.15) is 0 Å². The number of nitrogens with zero attached hydrogens (tertiary/aromatic N) is 2. The number of rotatable bonds is 3. The number of carboxylic acid groups (broad SMARTS) is 1. The van der Waals surface area contributed by atoms with E-state index in [4.69, 9.17) is 4.74 Å². The van der Waals surface area contributed by atoms with Crippen LogP contribution in [-0.2, 0) is 9.53 Å². The van der Waals surface area contributed by atoms with Crippen molar-refractivity contribution in [1.29, 1.82) is 0 Å². The van der Waals surface area contributed by atoms with Crippen molar-refractivity contribution in [3.63, 3.8) is 0 Å². The topological polar surface area (TPSA) is 79.7 Å². The summed E-state index contributed by atoms with van der Waals surface area (Å²) in [5.41, 5.74) is 0.325. The minimum absolute atomic E-state index is 0.148. The van der Waals surface area contributed by atoms with E-state index in [0.717, 1.165) is 19.3 Å². The van der Waals surface area contributed by atoms with Crippen molar-refractivity contribution in [2.45, 2.75) is 25.3 Å². The summed E-state index contributed by atoms with van der Waals surface area (Å²) in [6, 6.07) is 2.68. The van der Waals surface area contributed by atoms with Gasteiger partial charge in [-0.3, -0.25) is 0 Å². The molecule has 3 rings (SSSR count). The molecule has 1 saturated carbocycles. The Balaban J connectivity index is 2.00. The predicted octanol–water partition coefficient (Wildman–Crippen LogP) is 1.56. The monoisotopic (exact) mass is 290 g/mol. The molecule has 1 aromatic rings. The zero-order chi connectivity index (χ0) is 15.0. The molecule has 2 fully saturated rings. The van der Waals surface area contributed by atoms with Gasteiger partial charge in [0.05, 0.1) is 7.11 Å². The maximum Gasteiger partial charge on any atom is 0.341 e. The number of methoxy groups -OCH3 is 1. The molecule has 112 valence electrons. The Morgan fingerprint density at radius 3 is 2.95 bits per heavy atom. The molecule has 0 bridgehead atoms. The van der Waals surface area contributed by atoms with Crippen LogP contribution in [0.5, 0.6) is 0 Å². The molecule has 0 amide bonds. The van der Waals surface area contributed by atoms with E-state index in [0.29, 0.717) is 23.8 Å². The normalized spacial score (nSPS) is 27.5. The van der Waals surface area contributed by atoms with Crippen molar-refractivity contribution >= 4 is 17.8 Å². The van der Waals surface area contributed by atoms with Gasteiger partial charge < -0.3 is 14.7 Å². The van der Waals surface area contributed by atoms with Crippen LogP contribution in [0.25, 0.3) is 0 Å². The number of fused-ring (bicyclic) bond motifs is 1. The summed E-state index contributed by atoms with van der Waals surface area (Å²) in [6.45, 7) is 0.642. The van der Waals surface area contributed by atoms with Crippen molar-refractivity contribution < 1.29 is 19.4 Å². The smallest absolute Gasteiger partial charge is 0.341 e. The summed E-state index contributed by atoms with van der Waals surface area (Å²) in [7, 11) is 1.31. The van der Waals surface area contributed by atoms with Crippen molar-refractivity contribution in [1.82, 2.24) is 4.98 Å². The first-order chi connectivity index (χ1) is 10.1. The molecule has 0 radical (unpaired) electrons. The van der Waals surface area contributed by atoms with Gasteiger partial charge in [-0.15, -0.1) is 0 Å². The lowest BCUT2D eigenvalue weighted by atomic mass is 9.94. The second kappa shape index (κ2) is 5.35. The van der Waals surface area contributed by atoms with Crippen LogP contribution in [0.3, 0.4) is 0 Å². The van der Waals surface area contributed by atoms with Crippen molar-refractivity contribution in [2.24, 2.45) is 11.8 Å². The van der Waals surface area contributed by atoms with Crippen molar-refractivity contribution in [3.05, 3.63) is 23.9 Å². The highest BCUT2D eigenvalue weighted by Gasteiger charge is 2.48. The van der Waals surface area contributed by atoms with Crippen LogP contribution >= 0.6 is 0 Å². The van der Waals surface area contributed by atoms with Gasteiger partial charge in [0.1, 0.15) is 17.4 Å². The van der Waals surface area contributed by atoms with E-state index < -0.39 is 18.0 Å². The lowest BCUT2D eigenvalue weighted by molar-refractivity contribution is -0.139. The molecule has 6 heteroatoms. The van der Waals surface area contributed by atoms with E-state index in [1.165, 1.54) is 7.11 Å². The fourth-order valence-electron chi connectivity index (χ4n) is 3.73. The maximum absolute atomic E-state index is 11.9. The van der Waals surface area contributed by atoms with Gasteiger partial charge >= 0.3 is 11.9 Å². The Labute approximate surface area is 122 Å². The summed E-state index contributed by atoms with van der Waals surface area (Å²) in [5.74, 6) is -0.384. The SMILES string of the molecule is COC(=O)c1cccnc1N1CC2CCCC2C1C(=O)O. The van der Waals surface area contributed by atoms with E-state index in [2.05, 4.69) is 4.98 Å². The van der Waals surface area contributed by atoms with E-state index >= 15 is 0 Å². The number of anilines is 1. The van der Waals surface area contributed by atoms with Crippen molar-refractivity contribution in [2.75, 3.05) is 18.6 Å². The Bertz CT molecular complexity index is 575. The molecular formula is C15H18N2O4. The zero-order valence-electron chi connectivity index (χ0n) is 11.9. The van der Waals surface area contributed by atoms with E-state index in [-0.39, 0.29) is 5.92 Å². The first-order valence-electron chi connectivity index (χ1n) is 7.16. The van der Waals surface area contributed by atoms with E-state index in [1.54, 1.807) is 23.2 Å². The molecule has 3 atom stereocenters. The fraction of sp³-hybridized carbons (Fsp3) is 0.533. The van der Waals surface area contributed by atoms with Crippen LogP contribution in [0.4, 0.5) is 5.82 Å². The first kappa shape index (κ1) is 13.9. The van der Waals surface area contributed by atoms with Crippen LogP contribution in [0, 0.1) is 11.8 Å². The zero-order valence-corrected chi connectivity index (χ0v) is 11.9. The lowest BCUT2D eigenvalue weighted by Crippen LogP contribution is -2.40. The number of carbonyl (C=O) groups excluding carboxylic acids is 1. The number of ether oxygens (including phenoxy) is 1. The quantitative estimate of drug-likeness (QED) is 0.851. The second-order valence-electron chi connectivity index (χ2n) is 5.66. The highest BCUT2D eigenvalue weighted by molar-refractivity contribution is 5.95. The van der Waals surface area contributed by atoms with Crippen LogP contribution < -0.4 is 4.90 Å². The number of hydrogen-bond donors (Lipinski definition) is 1. The molecule has 1 N–H and O–H groups in total. The highest BCUT2D eigenvalue weighted by atomic mass is 16.5.